The standard InChI is InChI=1S/C11H14BF3/c1-4-9(7-6-8(3)12)10(5-2)11(13,14)15/h5H,2-4,6-7H2,1H3. The van der Waals surface area contributed by atoms with Crippen molar-refractivity contribution < 1.29 is 13.2 Å². The SMILES string of the molecule is [B]C(=C)CCC(CC)=C(C=C)C(F)(F)F. The Labute approximate surface area is 90.0 Å². The Bertz CT molecular complexity index is 274. The van der Waals surface area contributed by atoms with Gasteiger partial charge in [0.2, 0.25) is 0 Å². The number of allylic oxidation sites excluding steroid dienone is 4. The second-order valence-electron chi connectivity index (χ2n) is 3.23. The van der Waals surface area contributed by atoms with Gasteiger partial charge in [0.25, 0.3) is 0 Å². The van der Waals surface area contributed by atoms with Gasteiger partial charge in [-0.1, -0.05) is 25.2 Å². The van der Waals surface area contributed by atoms with Crippen molar-refractivity contribution in [2.75, 3.05) is 0 Å². The van der Waals surface area contributed by atoms with E-state index in [-0.39, 0.29) is 6.42 Å². The fourth-order valence-electron chi connectivity index (χ4n) is 1.27. The Morgan fingerprint density at radius 2 is 1.87 bits per heavy atom. The quantitative estimate of drug-likeness (QED) is 0.480. The molecule has 0 heterocycles. The predicted octanol–water partition coefficient (Wildman–Crippen LogP) is 3.90. The molecule has 0 spiro atoms. The van der Waals surface area contributed by atoms with E-state index in [1.165, 1.54) is 0 Å². The predicted molar refractivity (Wildman–Crippen MR) is 57.7 cm³/mol. The maximum atomic E-state index is 12.5. The Balaban J connectivity index is 4.91. The molecule has 0 aliphatic carbocycles. The topological polar surface area (TPSA) is 0 Å². The fourth-order valence-corrected chi connectivity index (χ4v) is 1.27. The molecular formula is C11H14BF3. The van der Waals surface area contributed by atoms with Gasteiger partial charge < -0.3 is 0 Å². The molecule has 15 heavy (non-hydrogen) atoms. The molecule has 0 amide bonds. The van der Waals surface area contributed by atoms with Gasteiger partial charge in [-0.25, -0.2) is 0 Å². The van der Waals surface area contributed by atoms with Gasteiger partial charge in [0.05, 0.1) is 5.57 Å². The molecule has 0 aromatic heterocycles. The van der Waals surface area contributed by atoms with Crippen LogP contribution in [0.25, 0.3) is 0 Å². The van der Waals surface area contributed by atoms with Crippen molar-refractivity contribution in [1.29, 1.82) is 0 Å². The van der Waals surface area contributed by atoms with E-state index in [2.05, 4.69) is 13.2 Å². The van der Waals surface area contributed by atoms with Crippen molar-refractivity contribution in [3.05, 3.63) is 35.9 Å². The molecule has 4 heteroatoms. The normalized spacial score (nSPS) is 13.3. The lowest BCUT2D eigenvalue weighted by atomic mass is 9.89. The summed E-state index contributed by atoms with van der Waals surface area (Å²) in [4.78, 5) is 0. The van der Waals surface area contributed by atoms with Gasteiger partial charge in [-0.15, -0.1) is 12.1 Å². The van der Waals surface area contributed by atoms with Crippen LogP contribution in [-0.4, -0.2) is 14.0 Å². The number of alkyl halides is 3. The summed E-state index contributed by atoms with van der Waals surface area (Å²) in [6.45, 7) is 8.33. The zero-order valence-electron chi connectivity index (χ0n) is 8.82. The molecule has 0 aliphatic heterocycles. The van der Waals surface area contributed by atoms with Crippen LogP contribution in [0.4, 0.5) is 13.2 Å². The molecule has 0 bridgehead atoms. The van der Waals surface area contributed by atoms with E-state index in [1.807, 2.05) is 0 Å². The van der Waals surface area contributed by atoms with Crippen molar-refractivity contribution in [2.45, 2.75) is 32.4 Å². The Hall–Kier alpha value is -0.925. The molecule has 0 saturated heterocycles. The first-order valence-corrected chi connectivity index (χ1v) is 4.67. The van der Waals surface area contributed by atoms with Crippen LogP contribution in [0.5, 0.6) is 0 Å². The highest BCUT2D eigenvalue weighted by molar-refractivity contribution is 6.21. The zero-order valence-corrected chi connectivity index (χ0v) is 8.82. The average Bonchev–Trinajstić information content (AvgIpc) is 2.09. The minimum absolute atomic E-state index is 0.284. The summed E-state index contributed by atoms with van der Waals surface area (Å²) >= 11 is 0. The fraction of sp³-hybridized carbons (Fsp3) is 0.455. The smallest absolute Gasteiger partial charge is 0.166 e. The van der Waals surface area contributed by atoms with E-state index in [9.17, 15) is 13.2 Å². The second-order valence-corrected chi connectivity index (χ2v) is 3.23. The molecule has 2 radical (unpaired) electrons. The van der Waals surface area contributed by atoms with Crippen LogP contribution in [0.1, 0.15) is 26.2 Å². The van der Waals surface area contributed by atoms with E-state index in [1.54, 1.807) is 6.92 Å². The van der Waals surface area contributed by atoms with Gasteiger partial charge in [-0.05, 0) is 19.3 Å². The maximum Gasteiger partial charge on any atom is 0.416 e. The van der Waals surface area contributed by atoms with Crippen molar-refractivity contribution in [3.63, 3.8) is 0 Å². The monoisotopic (exact) mass is 214 g/mol. The van der Waals surface area contributed by atoms with E-state index >= 15 is 0 Å². The van der Waals surface area contributed by atoms with Crippen molar-refractivity contribution in [3.8, 4) is 0 Å². The summed E-state index contributed by atoms with van der Waals surface area (Å²) < 4.78 is 37.5. The van der Waals surface area contributed by atoms with E-state index < -0.39 is 11.7 Å². The van der Waals surface area contributed by atoms with Gasteiger partial charge in [-0.3, -0.25) is 0 Å². The van der Waals surface area contributed by atoms with E-state index in [0.29, 0.717) is 23.9 Å². The number of hydrogen-bond donors (Lipinski definition) is 0. The summed E-state index contributed by atoms with van der Waals surface area (Å²) in [5.74, 6) is 0. The van der Waals surface area contributed by atoms with Crippen molar-refractivity contribution >= 4 is 7.85 Å². The highest BCUT2D eigenvalue weighted by Crippen LogP contribution is 2.32. The molecule has 0 N–H and O–H groups in total. The van der Waals surface area contributed by atoms with Crippen LogP contribution in [0, 0.1) is 0 Å². The lowest BCUT2D eigenvalue weighted by Gasteiger charge is -2.14. The first kappa shape index (κ1) is 14.1. The molecule has 82 valence electrons. The summed E-state index contributed by atoms with van der Waals surface area (Å²) in [7, 11) is 5.32. The third kappa shape index (κ3) is 4.91. The summed E-state index contributed by atoms with van der Waals surface area (Å²) in [6, 6.07) is 0. The lowest BCUT2D eigenvalue weighted by molar-refractivity contribution is -0.0892. The first-order valence-electron chi connectivity index (χ1n) is 4.67. The molecule has 0 nitrogen and oxygen atoms in total. The summed E-state index contributed by atoms with van der Waals surface area (Å²) in [5.41, 5.74) is 0.0712. The van der Waals surface area contributed by atoms with E-state index in [0.717, 1.165) is 6.08 Å². The zero-order chi connectivity index (χ0) is 12.1. The van der Waals surface area contributed by atoms with Gasteiger partial charge in [0, 0.05) is 0 Å². The molecule has 0 fully saturated rings. The van der Waals surface area contributed by atoms with Crippen LogP contribution < -0.4 is 0 Å². The minimum Gasteiger partial charge on any atom is -0.166 e. The van der Waals surface area contributed by atoms with Crippen LogP contribution >= 0.6 is 0 Å². The number of halogens is 3. The number of hydrogen-bond acceptors (Lipinski definition) is 0. The maximum absolute atomic E-state index is 12.5. The molecule has 0 saturated carbocycles. The number of rotatable bonds is 5. The average molecular weight is 214 g/mol. The van der Waals surface area contributed by atoms with Crippen LogP contribution in [-0.2, 0) is 0 Å². The highest BCUT2D eigenvalue weighted by Gasteiger charge is 2.33. The van der Waals surface area contributed by atoms with Gasteiger partial charge in [-0.2, -0.15) is 13.2 Å². The van der Waals surface area contributed by atoms with Crippen molar-refractivity contribution in [1.82, 2.24) is 0 Å². The lowest BCUT2D eigenvalue weighted by Crippen LogP contribution is -2.12. The molecule has 0 unspecified atom stereocenters. The largest absolute Gasteiger partial charge is 0.416 e. The summed E-state index contributed by atoms with van der Waals surface area (Å²) in [5, 5.41) is 0. The van der Waals surface area contributed by atoms with Gasteiger partial charge in [0.1, 0.15) is 7.85 Å². The van der Waals surface area contributed by atoms with Gasteiger partial charge >= 0.3 is 6.18 Å². The molecular weight excluding hydrogens is 200 g/mol. The Morgan fingerprint density at radius 1 is 1.33 bits per heavy atom. The molecule has 0 rings (SSSR count). The minimum atomic E-state index is -4.33. The highest BCUT2D eigenvalue weighted by atomic mass is 19.4. The van der Waals surface area contributed by atoms with E-state index in [4.69, 9.17) is 7.85 Å². The van der Waals surface area contributed by atoms with Crippen LogP contribution in [0.2, 0.25) is 0 Å². The van der Waals surface area contributed by atoms with Crippen LogP contribution in [0.3, 0.4) is 0 Å². The first-order chi connectivity index (χ1) is 6.82. The third-order valence-corrected chi connectivity index (χ3v) is 2.07. The van der Waals surface area contributed by atoms with Gasteiger partial charge in [0.15, 0.2) is 0 Å². The Morgan fingerprint density at radius 3 is 2.13 bits per heavy atom. The Kier molecular flexibility index (Phi) is 5.48. The van der Waals surface area contributed by atoms with Crippen molar-refractivity contribution in [2.24, 2.45) is 0 Å². The molecule has 0 aliphatic rings. The second kappa shape index (κ2) is 5.84. The molecule has 0 atom stereocenters. The van der Waals surface area contributed by atoms with Crippen LogP contribution in [0.15, 0.2) is 35.9 Å². The molecule has 0 aromatic rings. The third-order valence-electron chi connectivity index (χ3n) is 2.07. The summed E-state index contributed by atoms with van der Waals surface area (Å²) in [6.07, 6.45) is -2.47. The molecule has 0 aromatic carbocycles.